The molecule has 34 heavy (non-hydrogen) atoms. The van der Waals surface area contributed by atoms with E-state index in [1.807, 2.05) is 49.4 Å². The van der Waals surface area contributed by atoms with Crippen molar-refractivity contribution in [3.8, 4) is 16.9 Å². The zero-order chi connectivity index (χ0) is 24.2. The fourth-order valence-electron chi connectivity index (χ4n) is 3.96. The third kappa shape index (κ3) is 4.64. The minimum Gasteiger partial charge on any atom is -0.496 e. The summed E-state index contributed by atoms with van der Waals surface area (Å²) in [5.41, 5.74) is 5.82. The van der Waals surface area contributed by atoms with Gasteiger partial charge in [0.2, 0.25) is 0 Å². The van der Waals surface area contributed by atoms with Crippen molar-refractivity contribution in [3.05, 3.63) is 71.3 Å². The highest BCUT2D eigenvalue weighted by Gasteiger charge is 2.20. The smallest absolute Gasteiger partial charge is 0.305 e. The van der Waals surface area contributed by atoms with E-state index in [-0.39, 0.29) is 24.1 Å². The van der Waals surface area contributed by atoms with Crippen LogP contribution in [0.25, 0.3) is 11.1 Å². The molecule has 7 heteroatoms. The predicted octanol–water partition coefficient (Wildman–Crippen LogP) is 5.37. The summed E-state index contributed by atoms with van der Waals surface area (Å²) in [7, 11) is 2.91. The molecule has 0 aliphatic carbocycles. The lowest BCUT2D eigenvalue weighted by Gasteiger charge is -2.13. The van der Waals surface area contributed by atoms with Crippen molar-refractivity contribution in [2.45, 2.75) is 26.2 Å². The number of hydrogen-bond acceptors (Lipinski definition) is 6. The Hall–Kier alpha value is -4.13. The maximum Gasteiger partial charge on any atom is 0.305 e. The van der Waals surface area contributed by atoms with Crippen LogP contribution in [0.4, 0.5) is 17.1 Å². The molecule has 4 rings (SSSR count). The number of aryl methyl sites for hydroxylation is 1. The number of ketones is 1. The van der Waals surface area contributed by atoms with Crippen molar-refractivity contribution in [3.63, 3.8) is 0 Å². The quantitative estimate of drug-likeness (QED) is 0.365. The third-order valence-electron chi connectivity index (χ3n) is 5.87. The van der Waals surface area contributed by atoms with Crippen molar-refractivity contribution < 1.29 is 23.9 Å². The van der Waals surface area contributed by atoms with E-state index in [0.29, 0.717) is 41.1 Å². The topological polar surface area (TPSA) is 93.7 Å². The molecule has 174 valence electrons. The molecule has 0 saturated heterocycles. The molecule has 3 aromatic rings. The first-order valence-corrected chi connectivity index (χ1v) is 11.1. The fourth-order valence-corrected chi connectivity index (χ4v) is 3.96. The minimum atomic E-state index is -0.277. The second kappa shape index (κ2) is 9.79. The summed E-state index contributed by atoms with van der Waals surface area (Å²) in [5.74, 6) is 0.0428. The number of nitrogens with one attached hydrogen (secondary N) is 2. The molecule has 0 fully saturated rings. The summed E-state index contributed by atoms with van der Waals surface area (Å²) < 4.78 is 10.2. The molecular weight excluding hydrogens is 432 g/mol. The number of hydrogen-bond donors (Lipinski definition) is 2. The molecule has 0 unspecified atom stereocenters. The number of fused-ring (bicyclic) bond motifs is 2. The molecule has 2 N–H and O–H groups in total. The number of carbonyl (C=O) groups is 3. The Morgan fingerprint density at radius 2 is 1.62 bits per heavy atom. The van der Waals surface area contributed by atoms with Crippen LogP contribution in [-0.2, 0) is 16.0 Å². The van der Waals surface area contributed by atoms with Crippen LogP contribution in [0.3, 0.4) is 0 Å². The zero-order valence-electron chi connectivity index (χ0n) is 19.4. The lowest BCUT2D eigenvalue weighted by molar-refractivity contribution is -0.140. The molecule has 0 radical (unpaired) electrons. The van der Waals surface area contributed by atoms with Crippen molar-refractivity contribution in [1.82, 2.24) is 0 Å². The number of amides is 1. The molecule has 1 aliphatic heterocycles. The van der Waals surface area contributed by atoms with Crippen LogP contribution < -0.4 is 15.4 Å². The van der Waals surface area contributed by atoms with Gasteiger partial charge in [0.15, 0.2) is 5.78 Å². The van der Waals surface area contributed by atoms with Gasteiger partial charge in [-0.2, -0.15) is 0 Å². The number of benzene rings is 3. The van der Waals surface area contributed by atoms with Crippen LogP contribution in [-0.4, -0.2) is 31.9 Å². The van der Waals surface area contributed by atoms with E-state index in [0.717, 1.165) is 22.4 Å². The van der Waals surface area contributed by atoms with Gasteiger partial charge in [-0.3, -0.25) is 14.4 Å². The van der Waals surface area contributed by atoms with Gasteiger partial charge in [-0.1, -0.05) is 25.1 Å². The van der Waals surface area contributed by atoms with E-state index in [1.54, 1.807) is 19.2 Å². The maximum atomic E-state index is 12.9. The second-order valence-electron chi connectivity index (χ2n) is 7.99. The van der Waals surface area contributed by atoms with Crippen LogP contribution in [0.2, 0.25) is 0 Å². The second-order valence-corrected chi connectivity index (χ2v) is 7.99. The Kier molecular flexibility index (Phi) is 6.63. The number of rotatable bonds is 7. The van der Waals surface area contributed by atoms with Gasteiger partial charge < -0.3 is 20.1 Å². The van der Waals surface area contributed by atoms with Crippen LogP contribution in [0.15, 0.2) is 54.6 Å². The SMILES string of the molecule is CCC(=O)c1ccc(-c2ccc3c(c2)Nc2ccc(CCC(=O)OC)cc2NC3=O)cc1OC. The van der Waals surface area contributed by atoms with Crippen molar-refractivity contribution in [1.29, 1.82) is 0 Å². The normalized spacial score (nSPS) is 11.9. The van der Waals surface area contributed by atoms with Gasteiger partial charge in [-0.05, 0) is 59.5 Å². The molecule has 0 atom stereocenters. The average Bonchev–Trinajstić information content (AvgIpc) is 3.00. The third-order valence-corrected chi connectivity index (χ3v) is 5.87. The van der Waals surface area contributed by atoms with Gasteiger partial charge in [0.25, 0.3) is 5.91 Å². The van der Waals surface area contributed by atoms with Gasteiger partial charge in [-0.15, -0.1) is 0 Å². The molecule has 0 bridgehead atoms. The van der Waals surface area contributed by atoms with Crippen LogP contribution in [0, 0.1) is 0 Å². The Morgan fingerprint density at radius 3 is 2.35 bits per heavy atom. The van der Waals surface area contributed by atoms with E-state index in [2.05, 4.69) is 10.6 Å². The van der Waals surface area contributed by atoms with E-state index in [9.17, 15) is 14.4 Å². The summed E-state index contributed by atoms with van der Waals surface area (Å²) >= 11 is 0. The van der Waals surface area contributed by atoms with Crippen molar-refractivity contribution in [2.24, 2.45) is 0 Å². The molecular formula is C27H26N2O5. The number of anilines is 3. The Morgan fingerprint density at radius 1 is 0.853 bits per heavy atom. The molecule has 0 spiro atoms. The number of ether oxygens (including phenoxy) is 2. The predicted molar refractivity (Wildman–Crippen MR) is 131 cm³/mol. The highest BCUT2D eigenvalue weighted by molar-refractivity contribution is 6.12. The highest BCUT2D eigenvalue weighted by atomic mass is 16.5. The maximum absolute atomic E-state index is 12.9. The minimum absolute atomic E-state index is 0.0197. The molecule has 1 amide bonds. The molecule has 7 nitrogen and oxygen atoms in total. The van der Waals surface area contributed by atoms with Crippen LogP contribution in [0.1, 0.15) is 46.0 Å². The Balaban J connectivity index is 1.65. The number of methoxy groups -OCH3 is 2. The first kappa shape index (κ1) is 23.0. The molecule has 3 aromatic carbocycles. The first-order valence-electron chi connectivity index (χ1n) is 11.1. The van der Waals surface area contributed by atoms with E-state index >= 15 is 0 Å². The molecule has 1 aliphatic rings. The van der Waals surface area contributed by atoms with Crippen LogP contribution in [0.5, 0.6) is 5.75 Å². The molecule has 0 saturated carbocycles. The van der Waals surface area contributed by atoms with E-state index in [4.69, 9.17) is 9.47 Å². The van der Waals surface area contributed by atoms with Crippen molar-refractivity contribution in [2.75, 3.05) is 24.9 Å². The van der Waals surface area contributed by atoms with E-state index in [1.165, 1.54) is 7.11 Å². The Bertz CT molecular complexity index is 1280. The summed E-state index contributed by atoms with van der Waals surface area (Å²) in [6, 6.07) is 16.7. The number of carbonyl (C=O) groups excluding carboxylic acids is 3. The molecule has 0 aromatic heterocycles. The summed E-state index contributed by atoms with van der Waals surface area (Å²) in [5, 5.41) is 6.30. The van der Waals surface area contributed by atoms with Gasteiger partial charge in [0.1, 0.15) is 5.75 Å². The fraction of sp³-hybridized carbons (Fsp3) is 0.222. The number of esters is 1. The van der Waals surface area contributed by atoms with Gasteiger partial charge >= 0.3 is 5.97 Å². The largest absolute Gasteiger partial charge is 0.496 e. The van der Waals surface area contributed by atoms with Crippen molar-refractivity contribution >= 4 is 34.7 Å². The summed E-state index contributed by atoms with van der Waals surface area (Å²) in [4.78, 5) is 36.5. The first-order chi connectivity index (χ1) is 16.4. The van der Waals surface area contributed by atoms with Crippen LogP contribution >= 0.6 is 0 Å². The monoisotopic (exact) mass is 458 g/mol. The molecule has 1 heterocycles. The van der Waals surface area contributed by atoms with E-state index < -0.39 is 0 Å². The van der Waals surface area contributed by atoms with Gasteiger partial charge in [0, 0.05) is 12.8 Å². The van der Waals surface area contributed by atoms with Gasteiger partial charge in [-0.25, -0.2) is 0 Å². The lowest BCUT2D eigenvalue weighted by atomic mass is 9.98. The van der Waals surface area contributed by atoms with Gasteiger partial charge in [0.05, 0.1) is 42.4 Å². The Labute approximate surface area is 198 Å². The standard InChI is InChI=1S/C27H26N2O5/c1-4-24(30)20-10-8-18(15-25(20)33-2)17-7-9-19-22(14-17)28-21-11-5-16(6-12-26(31)34-3)13-23(21)29-27(19)32/h5,7-11,13-15,28H,4,6,12H2,1-3H3,(H,29,32). The summed E-state index contributed by atoms with van der Waals surface area (Å²) in [6.07, 6.45) is 1.19. The highest BCUT2D eigenvalue weighted by Crippen LogP contribution is 2.36. The summed E-state index contributed by atoms with van der Waals surface area (Å²) in [6.45, 7) is 1.82. The average molecular weight is 459 g/mol. The lowest BCUT2D eigenvalue weighted by Crippen LogP contribution is -2.11. The number of Topliss-reactive ketones (excluding diaryl/α,β-unsaturated/α-hetero) is 1. The zero-order valence-corrected chi connectivity index (χ0v) is 19.4.